The van der Waals surface area contributed by atoms with E-state index in [-0.39, 0.29) is 5.91 Å². The summed E-state index contributed by atoms with van der Waals surface area (Å²) in [6.45, 7) is 0. The van der Waals surface area contributed by atoms with Crippen molar-refractivity contribution in [3.63, 3.8) is 0 Å². The van der Waals surface area contributed by atoms with E-state index in [9.17, 15) is 4.79 Å². The number of rotatable bonds is 5. The van der Waals surface area contributed by atoms with Crippen molar-refractivity contribution in [3.8, 4) is 33.2 Å². The third-order valence-corrected chi connectivity index (χ3v) is 7.21. The Morgan fingerprint density at radius 2 is 1.74 bits per heavy atom. The van der Waals surface area contributed by atoms with E-state index in [4.69, 9.17) is 0 Å². The minimum absolute atomic E-state index is 0.194. The molecule has 3 N–H and O–H groups in total. The Labute approximate surface area is 220 Å². The summed E-state index contributed by atoms with van der Waals surface area (Å²) < 4.78 is 0. The van der Waals surface area contributed by atoms with E-state index in [1.54, 1.807) is 42.1 Å². The van der Waals surface area contributed by atoms with Crippen LogP contribution in [0.3, 0.4) is 0 Å². The maximum Gasteiger partial charge on any atom is 0.255 e. The first kappa shape index (κ1) is 22.1. The highest BCUT2D eigenvalue weighted by molar-refractivity contribution is 7.13. The van der Waals surface area contributed by atoms with Crippen molar-refractivity contribution in [2.24, 2.45) is 0 Å². The number of anilines is 1. The number of hydrogen-bond acceptors (Lipinski definition) is 6. The predicted octanol–water partition coefficient (Wildman–Crippen LogP) is 6.54. The summed E-state index contributed by atoms with van der Waals surface area (Å²) in [4.78, 5) is 30.8. The normalized spacial score (nSPS) is 11.3. The SMILES string of the molecule is O=C(Nc1cncc(-c2cc3c(-c4cc5c(-c6cccs6)nccc5[nH]4)n[nH]c3cn2)c1)c1ccccc1. The van der Waals surface area contributed by atoms with Crippen LogP contribution in [-0.4, -0.2) is 36.0 Å². The molecule has 0 unspecified atom stereocenters. The second-order valence-corrected chi connectivity index (χ2v) is 9.70. The van der Waals surface area contributed by atoms with Crippen LogP contribution in [0, 0.1) is 0 Å². The Balaban J connectivity index is 1.25. The number of hydrogen-bond donors (Lipinski definition) is 3. The third kappa shape index (κ3) is 3.91. The molecule has 8 nitrogen and oxygen atoms in total. The lowest BCUT2D eigenvalue weighted by Crippen LogP contribution is -2.11. The number of fused-ring (bicyclic) bond motifs is 2. The second-order valence-electron chi connectivity index (χ2n) is 8.75. The van der Waals surface area contributed by atoms with Gasteiger partial charge in [0.25, 0.3) is 5.91 Å². The van der Waals surface area contributed by atoms with E-state index in [1.807, 2.05) is 48.7 Å². The van der Waals surface area contributed by atoms with Crippen molar-refractivity contribution in [1.82, 2.24) is 30.1 Å². The number of benzene rings is 1. The summed E-state index contributed by atoms with van der Waals surface area (Å²) >= 11 is 1.66. The topological polar surface area (TPSA) is 112 Å². The van der Waals surface area contributed by atoms with Gasteiger partial charge in [0.05, 0.1) is 45.6 Å². The lowest BCUT2D eigenvalue weighted by molar-refractivity contribution is 0.102. The molecular formula is C29H19N7OS. The maximum atomic E-state index is 12.6. The zero-order valence-electron chi connectivity index (χ0n) is 19.8. The smallest absolute Gasteiger partial charge is 0.255 e. The third-order valence-electron chi connectivity index (χ3n) is 6.33. The van der Waals surface area contributed by atoms with Gasteiger partial charge in [-0.05, 0) is 47.8 Å². The first-order valence-corrected chi connectivity index (χ1v) is 12.8. The molecule has 6 aromatic heterocycles. The van der Waals surface area contributed by atoms with E-state index in [0.717, 1.165) is 55.0 Å². The number of aromatic nitrogens is 6. The Kier molecular flexibility index (Phi) is 5.26. The van der Waals surface area contributed by atoms with Crippen molar-refractivity contribution in [2.75, 3.05) is 5.32 Å². The number of pyridine rings is 3. The van der Waals surface area contributed by atoms with Gasteiger partial charge in [0.15, 0.2) is 0 Å². The van der Waals surface area contributed by atoms with Crippen LogP contribution in [0.5, 0.6) is 0 Å². The van der Waals surface area contributed by atoms with Crippen LogP contribution in [0.25, 0.3) is 55.0 Å². The van der Waals surface area contributed by atoms with Crippen LogP contribution in [-0.2, 0) is 0 Å². The second kappa shape index (κ2) is 9.06. The van der Waals surface area contributed by atoms with E-state index < -0.39 is 0 Å². The van der Waals surface area contributed by atoms with Gasteiger partial charge in [-0.3, -0.25) is 24.8 Å². The number of nitrogens with zero attached hydrogens (tertiary/aromatic N) is 4. The van der Waals surface area contributed by atoms with Crippen LogP contribution in [0.4, 0.5) is 5.69 Å². The molecule has 7 rings (SSSR count). The van der Waals surface area contributed by atoms with Crippen LogP contribution in [0.15, 0.2) is 96.9 Å². The summed E-state index contributed by atoms with van der Waals surface area (Å²) in [5.41, 5.74) is 7.12. The first-order chi connectivity index (χ1) is 18.7. The molecule has 6 heterocycles. The van der Waals surface area contributed by atoms with Gasteiger partial charge in [0.2, 0.25) is 0 Å². The van der Waals surface area contributed by atoms with Crippen LogP contribution in [0.2, 0.25) is 0 Å². The molecule has 0 aliphatic rings. The van der Waals surface area contributed by atoms with Crippen LogP contribution in [0.1, 0.15) is 10.4 Å². The van der Waals surface area contributed by atoms with E-state index in [0.29, 0.717) is 11.3 Å². The molecule has 9 heteroatoms. The van der Waals surface area contributed by atoms with Crippen molar-refractivity contribution >= 4 is 44.7 Å². The number of H-pyrrole nitrogens is 2. The highest BCUT2D eigenvalue weighted by Gasteiger charge is 2.16. The highest BCUT2D eigenvalue weighted by atomic mass is 32.1. The molecule has 1 aromatic carbocycles. The minimum atomic E-state index is -0.194. The lowest BCUT2D eigenvalue weighted by Gasteiger charge is -2.07. The summed E-state index contributed by atoms with van der Waals surface area (Å²) in [6.07, 6.45) is 6.93. The number of aromatic amines is 2. The van der Waals surface area contributed by atoms with E-state index in [2.05, 4.69) is 53.0 Å². The first-order valence-electron chi connectivity index (χ1n) is 11.9. The molecule has 0 aliphatic heterocycles. The van der Waals surface area contributed by atoms with Gasteiger partial charge < -0.3 is 10.3 Å². The fourth-order valence-electron chi connectivity index (χ4n) is 4.51. The Bertz CT molecular complexity index is 1920. The quantitative estimate of drug-likeness (QED) is 0.242. The Morgan fingerprint density at radius 1 is 0.842 bits per heavy atom. The summed E-state index contributed by atoms with van der Waals surface area (Å²) in [6, 6.07) is 21.1. The average molecular weight is 514 g/mol. The van der Waals surface area contributed by atoms with E-state index in [1.165, 1.54) is 0 Å². The molecule has 7 aromatic rings. The molecule has 0 aliphatic carbocycles. The number of amides is 1. The molecule has 0 bridgehead atoms. The van der Waals surface area contributed by atoms with Crippen LogP contribution >= 0.6 is 11.3 Å². The van der Waals surface area contributed by atoms with Crippen LogP contribution < -0.4 is 5.32 Å². The van der Waals surface area contributed by atoms with Gasteiger partial charge in [-0.25, -0.2) is 0 Å². The molecule has 0 fully saturated rings. The molecular weight excluding hydrogens is 494 g/mol. The molecule has 38 heavy (non-hydrogen) atoms. The molecule has 0 saturated heterocycles. The summed E-state index contributed by atoms with van der Waals surface area (Å²) in [7, 11) is 0. The Hall–Kier alpha value is -5.15. The van der Waals surface area contributed by atoms with Gasteiger partial charge in [0.1, 0.15) is 5.69 Å². The molecule has 0 spiro atoms. The summed E-state index contributed by atoms with van der Waals surface area (Å²) in [5, 5.41) is 14.6. The zero-order chi connectivity index (χ0) is 25.5. The number of nitrogens with one attached hydrogen (secondary N) is 3. The highest BCUT2D eigenvalue weighted by Crippen LogP contribution is 2.35. The molecule has 0 saturated carbocycles. The monoisotopic (exact) mass is 513 g/mol. The number of carbonyl (C=O) groups excluding carboxylic acids is 1. The van der Waals surface area contributed by atoms with Crippen molar-refractivity contribution in [1.29, 1.82) is 0 Å². The van der Waals surface area contributed by atoms with E-state index >= 15 is 0 Å². The largest absolute Gasteiger partial charge is 0.353 e. The van der Waals surface area contributed by atoms with Gasteiger partial charge >= 0.3 is 0 Å². The minimum Gasteiger partial charge on any atom is -0.353 e. The zero-order valence-corrected chi connectivity index (χ0v) is 20.7. The molecule has 0 radical (unpaired) electrons. The summed E-state index contributed by atoms with van der Waals surface area (Å²) in [5.74, 6) is -0.194. The molecule has 0 atom stereocenters. The maximum absolute atomic E-state index is 12.6. The Morgan fingerprint density at radius 3 is 2.61 bits per heavy atom. The van der Waals surface area contributed by atoms with Gasteiger partial charge in [-0.15, -0.1) is 11.3 Å². The number of thiophene rings is 1. The lowest BCUT2D eigenvalue weighted by atomic mass is 10.1. The fourth-order valence-corrected chi connectivity index (χ4v) is 5.25. The predicted molar refractivity (Wildman–Crippen MR) is 150 cm³/mol. The molecule has 182 valence electrons. The average Bonchev–Trinajstić information content (AvgIpc) is 3.73. The van der Waals surface area contributed by atoms with Gasteiger partial charge in [-0.2, -0.15) is 5.10 Å². The standard InChI is InChI=1S/C29H19N7OS/c37-29(17-5-2-1-3-6-17)33-19-11-18(14-30-15-19)23-12-21-25(16-32-23)35-36-27(21)24-13-20-22(34-24)8-9-31-28(20)26-7-4-10-38-26/h1-16,34H,(H,33,37)(H,35,36). The van der Waals surface area contributed by atoms with Crippen molar-refractivity contribution in [3.05, 3.63) is 102 Å². The van der Waals surface area contributed by atoms with Gasteiger partial charge in [-0.1, -0.05) is 24.3 Å². The van der Waals surface area contributed by atoms with Crippen molar-refractivity contribution in [2.45, 2.75) is 0 Å². The van der Waals surface area contributed by atoms with Gasteiger partial charge in [0, 0.05) is 39.8 Å². The number of carbonyl (C=O) groups is 1. The molecule has 1 amide bonds. The fraction of sp³-hybridized carbons (Fsp3) is 0. The van der Waals surface area contributed by atoms with Crippen molar-refractivity contribution < 1.29 is 4.79 Å².